The Balaban J connectivity index is 3.50. The van der Waals surface area contributed by atoms with Crippen molar-refractivity contribution in [2.75, 3.05) is 0 Å². The minimum Gasteiger partial charge on any atom is -0.0645 e. The molecule has 0 saturated heterocycles. The van der Waals surface area contributed by atoms with Crippen LogP contribution in [0.15, 0.2) is 18.2 Å². The molecule has 0 saturated carbocycles. The number of hydrogen-bond acceptors (Lipinski definition) is 0. The molecule has 244 valence electrons. The van der Waals surface area contributed by atoms with E-state index in [9.17, 15) is 0 Å². The van der Waals surface area contributed by atoms with E-state index in [1.54, 1.807) is 33.4 Å². The molecule has 2 aromatic carbocycles. The molecule has 0 heterocycles. The highest BCUT2D eigenvalue weighted by Crippen LogP contribution is 2.54. The second kappa shape index (κ2) is 11.4. The van der Waals surface area contributed by atoms with E-state index in [-0.39, 0.29) is 37.9 Å². The fourth-order valence-corrected chi connectivity index (χ4v) is 7.59. The van der Waals surface area contributed by atoms with Crippen LogP contribution in [0.1, 0.15) is 215 Å². The van der Waals surface area contributed by atoms with E-state index < -0.39 is 0 Å². The largest absolute Gasteiger partial charge is 0.0645 e. The van der Waals surface area contributed by atoms with Crippen molar-refractivity contribution in [3.63, 3.8) is 0 Å². The summed E-state index contributed by atoms with van der Waals surface area (Å²) in [5.74, 6) is 0.315. The Labute approximate surface area is 270 Å². The molecule has 0 heteroatoms. The van der Waals surface area contributed by atoms with E-state index in [1.807, 2.05) is 0 Å². The van der Waals surface area contributed by atoms with Crippen LogP contribution in [0.2, 0.25) is 0 Å². The molecule has 43 heavy (non-hydrogen) atoms. The van der Waals surface area contributed by atoms with Gasteiger partial charge < -0.3 is 0 Å². The topological polar surface area (TPSA) is 0 Å². The molecule has 0 nitrogen and oxygen atoms in total. The molecule has 1 unspecified atom stereocenters. The molecule has 0 fully saturated rings. The molecule has 0 radical (unpaired) electrons. The summed E-state index contributed by atoms with van der Waals surface area (Å²) in [5, 5.41) is 0. The van der Waals surface area contributed by atoms with Gasteiger partial charge in [-0.25, -0.2) is 0 Å². The van der Waals surface area contributed by atoms with Crippen LogP contribution in [0.3, 0.4) is 0 Å². The van der Waals surface area contributed by atoms with Gasteiger partial charge in [-0.15, -0.1) is 0 Å². The first-order valence-electron chi connectivity index (χ1n) is 17.2. The zero-order valence-corrected chi connectivity index (χ0v) is 33.0. The molecule has 1 atom stereocenters. The van der Waals surface area contributed by atoms with Crippen molar-refractivity contribution < 1.29 is 0 Å². The molecule has 0 spiro atoms. The van der Waals surface area contributed by atoms with Gasteiger partial charge in [0.25, 0.3) is 0 Å². The molecule has 0 aromatic heterocycles. The maximum Gasteiger partial charge on any atom is 0.00929 e. The first-order chi connectivity index (χ1) is 18.8. The zero-order chi connectivity index (χ0) is 34.1. The molecule has 0 aliphatic carbocycles. The van der Waals surface area contributed by atoms with Crippen molar-refractivity contribution >= 4 is 0 Å². The van der Waals surface area contributed by atoms with Gasteiger partial charge in [-0.1, -0.05) is 171 Å². The fourth-order valence-electron chi connectivity index (χ4n) is 7.59. The zero-order valence-electron chi connectivity index (χ0n) is 33.0. The average Bonchev–Trinajstić information content (AvgIpc) is 2.73. The monoisotopic (exact) mass is 589 g/mol. The quantitative estimate of drug-likeness (QED) is 0.334. The van der Waals surface area contributed by atoms with Crippen molar-refractivity contribution in [1.82, 2.24) is 0 Å². The Hall–Kier alpha value is -1.56. The third-order valence-corrected chi connectivity index (χ3v) is 9.11. The van der Waals surface area contributed by atoms with Crippen molar-refractivity contribution in [2.24, 2.45) is 0 Å². The van der Waals surface area contributed by atoms with E-state index in [4.69, 9.17) is 0 Å². The lowest BCUT2D eigenvalue weighted by molar-refractivity contribution is 0.450. The molecule has 0 amide bonds. The van der Waals surface area contributed by atoms with Crippen LogP contribution < -0.4 is 0 Å². The molecular weight excluding hydrogens is 516 g/mol. The molecular formula is C43H72. The van der Waals surface area contributed by atoms with Crippen molar-refractivity contribution in [3.05, 3.63) is 68.3 Å². The third kappa shape index (κ3) is 7.82. The van der Waals surface area contributed by atoms with E-state index >= 15 is 0 Å². The molecule has 2 aromatic rings. The fraction of sp³-hybridized carbons (Fsp3) is 0.721. The van der Waals surface area contributed by atoms with Crippen LogP contribution in [0, 0.1) is 0 Å². The summed E-state index contributed by atoms with van der Waals surface area (Å²) in [4.78, 5) is 0. The first kappa shape index (κ1) is 37.6. The maximum atomic E-state index is 2.60. The van der Waals surface area contributed by atoms with Crippen LogP contribution in [-0.2, 0) is 37.9 Å². The Kier molecular flexibility index (Phi) is 9.93. The predicted molar refractivity (Wildman–Crippen MR) is 196 cm³/mol. The maximum absolute atomic E-state index is 2.60. The molecule has 0 aliphatic heterocycles. The van der Waals surface area contributed by atoms with Crippen LogP contribution in [0.5, 0.6) is 0 Å². The van der Waals surface area contributed by atoms with Crippen molar-refractivity contribution in [3.8, 4) is 0 Å². The third-order valence-electron chi connectivity index (χ3n) is 9.11. The Bertz CT molecular complexity index is 1240. The molecule has 0 N–H and O–H groups in total. The smallest absolute Gasteiger partial charge is 0.00929 e. The lowest BCUT2D eigenvalue weighted by Crippen LogP contribution is -2.38. The van der Waals surface area contributed by atoms with Gasteiger partial charge in [-0.2, -0.15) is 0 Å². The van der Waals surface area contributed by atoms with Crippen molar-refractivity contribution in [1.29, 1.82) is 0 Å². The van der Waals surface area contributed by atoms with E-state index in [0.29, 0.717) is 5.92 Å². The van der Waals surface area contributed by atoms with Crippen LogP contribution in [0.4, 0.5) is 0 Å². The average molecular weight is 589 g/mol. The number of rotatable bonds is 3. The van der Waals surface area contributed by atoms with Gasteiger partial charge in [0.15, 0.2) is 0 Å². The van der Waals surface area contributed by atoms with Crippen LogP contribution in [0.25, 0.3) is 0 Å². The normalized spacial score (nSPS) is 15.2. The van der Waals surface area contributed by atoms with Gasteiger partial charge in [0, 0.05) is 5.92 Å². The highest BCUT2D eigenvalue weighted by Gasteiger charge is 2.44. The molecule has 0 bridgehead atoms. The standard InChI is InChI=1S/C43H72/c1-23-28(27-24-25-29(37(2,3)4)30(26-27)38(5,6)7)31-32(39(8,9)10)34(41(14,15)16)36(43(20,21)22)35(42(17,18)19)33(31)40(11,12)13/h24-26,28H,23H2,1-22H3. The highest BCUT2D eigenvalue weighted by atomic mass is 14.5. The van der Waals surface area contributed by atoms with Gasteiger partial charge in [0.05, 0.1) is 0 Å². The molecule has 2 rings (SSSR count). The van der Waals surface area contributed by atoms with Crippen LogP contribution >= 0.6 is 0 Å². The summed E-state index contributed by atoms with van der Waals surface area (Å²) in [6.45, 7) is 53.5. The highest BCUT2D eigenvalue weighted by molar-refractivity contribution is 5.64. The van der Waals surface area contributed by atoms with Gasteiger partial charge in [0.2, 0.25) is 0 Å². The predicted octanol–water partition coefficient (Wildman–Crippen LogP) is 13.3. The Morgan fingerprint density at radius 2 is 0.698 bits per heavy atom. The Morgan fingerprint density at radius 3 is 0.953 bits per heavy atom. The van der Waals surface area contributed by atoms with E-state index in [2.05, 4.69) is 171 Å². The first-order valence-corrected chi connectivity index (χ1v) is 17.2. The van der Waals surface area contributed by atoms with E-state index in [0.717, 1.165) is 6.42 Å². The van der Waals surface area contributed by atoms with E-state index in [1.165, 1.54) is 16.7 Å². The molecule has 0 aliphatic rings. The summed E-state index contributed by atoms with van der Waals surface area (Å²) in [5.41, 5.74) is 14.1. The summed E-state index contributed by atoms with van der Waals surface area (Å²) in [7, 11) is 0. The second-order valence-corrected chi connectivity index (χ2v) is 20.8. The van der Waals surface area contributed by atoms with Gasteiger partial charge >= 0.3 is 0 Å². The van der Waals surface area contributed by atoms with Crippen molar-refractivity contribution in [2.45, 2.75) is 203 Å². The number of hydrogen-bond donors (Lipinski definition) is 0. The Morgan fingerprint density at radius 1 is 0.395 bits per heavy atom. The lowest BCUT2D eigenvalue weighted by Gasteiger charge is -2.47. The number of benzene rings is 2. The summed E-state index contributed by atoms with van der Waals surface area (Å²) < 4.78 is 0. The lowest BCUT2D eigenvalue weighted by atomic mass is 9.57. The SMILES string of the molecule is CCC(c1ccc(C(C)(C)C)c(C(C)(C)C)c1)c1c(C(C)(C)C)c(C(C)(C)C)c(C(C)(C)C)c(C(C)(C)C)c1C(C)(C)C. The van der Waals surface area contributed by atoms with Crippen LogP contribution in [-0.4, -0.2) is 0 Å². The van der Waals surface area contributed by atoms with Gasteiger partial charge in [-0.05, 0) is 94.4 Å². The van der Waals surface area contributed by atoms with Gasteiger partial charge in [-0.3, -0.25) is 0 Å². The second-order valence-electron chi connectivity index (χ2n) is 20.8. The summed E-state index contributed by atoms with van der Waals surface area (Å²) >= 11 is 0. The minimum absolute atomic E-state index is 0.00133. The summed E-state index contributed by atoms with van der Waals surface area (Å²) in [6, 6.07) is 7.54. The minimum atomic E-state index is -0.0139. The summed E-state index contributed by atoms with van der Waals surface area (Å²) in [6.07, 6.45) is 1.08. The van der Waals surface area contributed by atoms with Gasteiger partial charge in [0.1, 0.15) is 0 Å².